The van der Waals surface area contributed by atoms with Crippen molar-refractivity contribution in [2.75, 3.05) is 6.61 Å². The predicted molar refractivity (Wildman–Crippen MR) is 112 cm³/mol. The van der Waals surface area contributed by atoms with Crippen LogP contribution in [0.25, 0.3) is 16.9 Å². The van der Waals surface area contributed by atoms with Crippen LogP contribution >= 0.6 is 0 Å². The van der Waals surface area contributed by atoms with Gasteiger partial charge < -0.3 is 10.1 Å². The number of nitrogens with one attached hydrogen (secondary N) is 1. The third-order valence-electron chi connectivity index (χ3n) is 4.70. The van der Waals surface area contributed by atoms with Gasteiger partial charge in [0, 0.05) is 11.8 Å². The molecule has 0 aliphatic carbocycles. The summed E-state index contributed by atoms with van der Waals surface area (Å²) in [5.74, 6) is -1.03. The summed E-state index contributed by atoms with van der Waals surface area (Å²) in [6.07, 6.45) is 3.02. The zero-order valence-corrected chi connectivity index (χ0v) is 16.4. The Kier molecular flexibility index (Phi) is 5.52. The number of ether oxygens (including phenoxy) is 1. The highest BCUT2D eigenvalue weighted by molar-refractivity contribution is 5.97. The van der Waals surface area contributed by atoms with Gasteiger partial charge in [0.05, 0.1) is 17.9 Å². The van der Waals surface area contributed by atoms with Gasteiger partial charge in [-0.3, -0.25) is 4.79 Å². The van der Waals surface area contributed by atoms with Gasteiger partial charge in [0.2, 0.25) is 0 Å². The Balaban J connectivity index is 1.45. The molecule has 0 radical (unpaired) electrons. The summed E-state index contributed by atoms with van der Waals surface area (Å²) in [7, 11) is 0. The molecule has 2 aromatic carbocycles. The molecule has 1 amide bonds. The second kappa shape index (κ2) is 8.57. The number of fused-ring (bicyclic) bond motifs is 1. The third-order valence-corrected chi connectivity index (χ3v) is 4.70. The molecular formula is C23H20N4O3. The van der Waals surface area contributed by atoms with Crippen molar-refractivity contribution in [1.82, 2.24) is 19.9 Å². The van der Waals surface area contributed by atoms with E-state index in [1.54, 1.807) is 10.7 Å². The van der Waals surface area contributed by atoms with Crippen LogP contribution in [0.4, 0.5) is 0 Å². The monoisotopic (exact) mass is 400 g/mol. The highest BCUT2D eigenvalue weighted by Crippen LogP contribution is 2.21. The highest BCUT2D eigenvalue weighted by Gasteiger charge is 2.19. The van der Waals surface area contributed by atoms with Gasteiger partial charge in [-0.05, 0) is 18.6 Å². The molecule has 2 aromatic heterocycles. The van der Waals surface area contributed by atoms with Gasteiger partial charge in [-0.2, -0.15) is 5.10 Å². The van der Waals surface area contributed by atoms with Crippen molar-refractivity contribution in [3.8, 4) is 11.3 Å². The standard InChI is InChI=1S/C23H20N4O3/c1-16(17-8-4-2-5-9-17)26-21(28)15-30-23(29)19-14-25-27-20(12-13-24-22(19)27)18-10-6-3-7-11-18/h2-14,16H,15H2,1H3,(H,26,28). The van der Waals surface area contributed by atoms with Gasteiger partial charge >= 0.3 is 5.97 Å². The van der Waals surface area contributed by atoms with E-state index in [1.807, 2.05) is 73.7 Å². The van der Waals surface area contributed by atoms with Crippen LogP contribution in [0.5, 0.6) is 0 Å². The van der Waals surface area contributed by atoms with E-state index < -0.39 is 5.97 Å². The van der Waals surface area contributed by atoms with Gasteiger partial charge in [0.15, 0.2) is 12.3 Å². The zero-order valence-electron chi connectivity index (χ0n) is 16.4. The van der Waals surface area contributed by atoms with E-state index >= 15 is 0 Å². The second-order valence-corrected chi connectivity index (χ2v) is 6.77. The molecule has 30 heavy (non-hydrogen) atoms. The second-order valence-electron chi connectivity index (χ2n) is 6.77. The van der Waals surface area contributed by atoms with E-state index in [2.05, 4.69) is 15.4 Å². The van der Waals surface area contributed by atoms with E-state index in [0.29, 0.717) is 5.65 Å². The first-order chi connectivity index (χ1) is 14.6. The Morgan fingerprint density at radius 3 is 2.47 bits per heavy atom. The van der Waals surface area contributed by atoms with Gasteiger partial charge in [-0.15, -0.1) is 0 Å². The van der Waals surface area contributed by atoms with Crippen LogP contribution in [0.1, 0.15) is 28.9 Å². The summed E-state index contributed by atoms with van der Waals surface area (Å²) in [5, 5.41) is 7.10. The van der Waals surface area contributed by atoms with Crippen LogP contribution in [0.15, 0.2) is 79.1 Å². The van der Waals surface area contributed by atoms with Crippen molar-refractivity contribution in [1.29, 1.82) is 0 Å². The number of carbonyl (C=O) groups excluding carboxylic acids is 2. The van der Waals surface area contributed by atoms with Crippen LogP contribution in [0, 0.1) is 0 Å². The van der Waals surface area contributed by atoms with Crippen LogP contribution in [-0.4, -0.2) is 33.1 Å². The Morgan fingerprint density at radius 1 is 1.03 bits per heavy atom. The van der Waals surface area contributed by atoms with Gasteiger partial charge in [-0.25, -0.2) is 14.3 Å². The maximum atomic E-state index is 12.5. The maximum Gasteiger partial charge on any atom is 0.344 e. The number of esters is 1. The number of benzene rings is 2. The summed E-state index contributed by atoms with van der Waals surface area (Å²) >= 11 is 0. The molecule has 4 aromatic rings. The number of hydrogen-bond acceptors (Lipinski definition) is 5. The lowest BCUT2D eigenvalue weighted by Crippen LogP contribution is -2.31. The topological polar surface area (TPSA) is 85.6 Å². The minimum Gasteiger partial charge on any atom is -0.452 e. The third kappa shape index (κ3) is 4.05. The lowest BCUT2D eigenvalue weighted by atomic mass is 10.1. The summed E-state index contributed by atoms with van der Waals surface area (Å²) in [6.45, 7) is 1.49. The molecule has 0 aliphatic rings. The molecule has 7 heteroatoms. The minimum atomic E-state index is -0.648. The first-order valence-electron chi connectivity index (χ1n) is 9.53. The van der Waals surface area contributed by atoms with Crippen LogP contribution in [0.2, 0.25) is 0 Å². The number of nitrogens with zero attached hydrogens (tertiary/aromatic N) is 3. The molecule has 0 bridgehead atoms. The Morgan fingerprint density at radius 2 is 1.73 bits per heavy atom. The van der Waals surface area contributed by atoms with E-state index in [-0.39, 0.29) is 24.1 Å². The van der Waals surface area contributed by atoms with Gasteiger partial charge in [0.25, 0.3) is 5.91 Å². The van der Waals surface area contributed by atoms with Crippen molar-refractivity contribution in [2.45, 2.75) is 13.0 Å². The molecule has 1 unspecified atom stereocenters. The van der Waals surface area contributed by atoms with E-state index in [0.717, 1.165) is 16.8 Å². The fourth-order valence-corrected chi connectivity index (χ4v) is 3.18. The van der Waals surface area contributed by atoms with E-state index in [1.165, 1.54) is 6.20 Å². The molecule has 4 rings (SSSR count). The molecule has 0 fully saturated rings. The first-order valence-corrected chi connectivity index (χ1v) is 9.53. The average molecular weight is 400 g/mol. The molecule has 1 N–H and O–H groups in total. The number of aromatic nitrogens is 3. The highest BCUT2D eigenvalue weighted by atomic mass is 16.5. The fourth-order valence-electron chi connectivity index (χ4n) is 3.18. The number of hydrogen-bond donors (Lipinski definition) is 1. The summed E-state index contributed by atoms with van der Waals surface area (Å²) in [5.41, 5.74) is 3.30. The van der Waals surface area contributed by atoms with Crippen molar-refractivity contribution in [3.05, 3.63) is 90.3 Å². The fraction of sp³-hybridized carbons (Fsp3) is 0.130. The molecule has 1 atom stereocenters. The Bertz CT molecular complexity index is 1170. The summed E-state index contributed by atoms with van der Waals surface area (Å²) in [6, 6.07) is 20.9. The van der Waals surface area contributed by atoms with E-state index in [4.69, 9.17) is 4.74 Å². The van der Waals surface area contributed by atoms with Crippen LogP contribution < -0.4 is 5.32 Å². The van der Waals surface area contributed by atoms with Crippen LogP contribution in [0.3, 0.4) is 0 Å². The number of amides is 1. The quantitative estimate of drug-likeness (QED) is 0.501. The molecule has 0 aliphatic heterocycles. The smallest absolute Gasteiger partial charge is 0.344 e. The molecule has 0 spiro atoms. The van der Waals surface area contributed by atoms with Gasteiger partial charge in [0.1, 0.15) is 5.56 Å². The first kappa shape index (κ1) is 19.3. The van der Waals surface area contributed by atoms with Crippen LogP contribution in [-0.2, 0) is 9.53 Å². The van der Waals surface area contributed by atoms with Crippen molar-refractivity contribution >= 4 is 17.5 Å². The average Bonchev–Trinajstić information content (AvgIpc) is 3.23. The Hall–Kier alpha value is -4.00. The largest absolute Gasteiger partial charge is 0.452 e. The summed E-state index contributed by atoms with van der Waals surface area (Å²) < 4.78 is 6.78. The molecule has 0 saturated heterocycles. The van der Waals surface area contributed by atoms with E-state index in [9.17, 15) is 9.59 Å². The normalized spacial score (nSPS) is 11.8. The molecule has 7 nitrogen and oxygen atoms in total. The van der Waals surface area contributed by atoms with Crippen molar-refractivity contribution in [2.24, 2.45) is 0 Å². The predicted octanol–water partition coefficient (Wildman–Crippen LogP) is 3.43. The summed E-state index contributed by atoms with van der Waals surface area (Å²) in [4.78, 5) is 29.0. The SMILES string of the molecule is CC(NC(=O)COC(=O)c1cnn2c(-c3ccccc3)ccnc12)c1ccccc1. The number of rotatable bonds is 6. The lowest BCUT2D eigenvalue weighted by molar-refractivity contribution is -0.124. The lowest BCUT2D eigenvalue weighted by Gasteiger charge is -2.14. The van der Waals surface area contributed by atoms with Gasteiger partial charge in [-0.1, -0.05) is 60.7 Å². The minimum absolute atomic E-state index is 0.190. The Labute approximate surface area is 173 Å². The molecule has 150 valence electrons. The number of carbonyl (C=O) groups is 2. The van der Waals surface area contributed by atoms with Crippen molar-refractivity contribution in [3.63, 3.8) is 0 Å². The molecule has 2 heterocycles. The maximum absolute atomic E-state index is 12.5. The molecule has 0 saturated carbocycles. The molecular weight excluding hydrogens is 380 g/mol. The van der Waals surface area contributed by atoms with Crippen molar-refractivity contribution < 1.29 is 14.3 Å². The zero-order chi connectivity index (χ0) is 20.9.